The van der Waals surface area contributed by atoms with Crippen LogP contribution in [0.25, 0.3) is 55.9 Å². The minimum absolute atomic E-state index is 0.125. The van der Waals surface area contributed by atoms with E-state index in [1.165, 1.54) is 0 Å². The minimum atomic E-state index is -0.439. The standard InChI is InChI=1S/C55H49BN6O.Pt/c1-37-26-28-57-52(30-37)61-51-35-44(24-25-47(51)48-27-29-58-62(48)56(61)8)63-43-19-14-18-42(34-43)59-36-60(50-23-13-12-22-49(50)59)53-45(38-16-10-9-11-17-38)20-15-21-46(53)39-31-40(54(2,3)4)33-41(32-39)55(5,6)7;/h9-33H,1-8H3;/q-2;/i9D,10D,11D,16D,17D;. The van der Waals surface area contributed by atoms with Gasteiger partial charge in [0.05, 0.1) is 0 Å². The van der Waals surface area contributed by atoms with Crippen molar-refractivity contribution in [1.29, 1.82) is 0 Å². The molecule has 1 aliphatic heterocycles. The Morgan fingerprint density at radius 2 is 1.34 bits per heavy atom. The predicted octanol–water partition coefficient (Wildman–Crippen LogP) is 13.5. The van der Waals surface area contributed by atoms with E-state index < -0.39 is 18.1 Å². The zero-order chi connectivity index (χ0) is 48.8. The van der Waals surface area contributed by atoms with Crippen molar-refractivity contribution in [1.82, 2.24) is 23.8 Å². The van der Waals surface area contributed by atoms with Gasteiger partial charge in [0.1, 0.15) is 0 Å². The van der Waals surface area contributed by atoms with Gasteiger partial charge in [-0.2, -0.15) is 5.10 Å². The molecule has 0 saturated heterocycles. The van der Waals surface area contributed by atoms with E-state index in [-0.39, 0.29) is 35.5 Å². The summed E-state index contributed by atoms with van der Waals surface area (Å²) in [5.74, 6) is 1.76. The van der Waals surface area contributed by atoms with Crippen LogP contribution in [-0.2, 0) is 30.2 Å². The first-order chi connectivity index (χ1) is 32.8. The third kappa shape index (κ3) is 7.38. The van der Waals surface area contributed by atoms with Crippen molar-refractivity contribution in [3.05, 3.63) is 184 Å². The van der Waals surface area contributed by atoms with Crippen molar-refractivity contribution >= 4 is 29.5 Å². The number of fused-ring (bicyclic) bond motifs is 4. The first kappa shape index (κ1) is 35.9. The Bertz CT molecular complexity index is 3540. The van der Waals surface area contributed by atoms with Crippen LogP contribution in [0.15, 0.2) is 152 Å². The summed E-state index contributed by atoms with van der Waals surface area (Å²) in [4.78, 5) is 6.87. The van der Waals surface area contributed by atoms with Crippen molar-refractivity contribution in [2.75, 3.05) is 4.81 Å². The molecule has 0 unspecified atom stereocenters. The molecule has 0 radical (unpaired) electrons. The molecule has 320 valence electrons. The number of nitrogens with zero attached hydrogens (tertiary/aromatic N) is 6. The van der Waals surface area contributed by atoms with Gasteiger partial charge in [-0.3, -0.25) is 0 Å². The molecule has 7 nitrogen and oxygen atoms in total. The fourth-order valence-corrected chi connectivity index (χ4v) is 9.63. The second-order valence-corrected chi connectivity index (χ2v) is 19.4. The van der Waals surface area contributed by atoms with Gasteiger partial charge in [0, 0.05) is 12.4 Å². The number of aromatic nitrogens is 5. The van der Waals surface area contributed by atoms with Crippen LogP contribution in [0.5, 0.6) is 11.5 Å². The van der Waals surface area contributed by atoms with Gasteiger partial charge in [0.25, 0.3) is 0 Å². The number of ether oxygens (including phenoxy) is 1. The molecular weight excluding hydrogens is 967 g/mol. The van der Waals surface area contributed by atoms with Crippen LogP contribution in [0.3, 0.4) is 0 Å². The average Bonchev–Trinajstić information content (AvgIpc) is 3.93. The van der Waals surface area contributed by atoms with Crippen LogP contribution < -0.4 is 9.55 Å². The van der Waals surface area contributed by atoms with Crippen LogP contribution in [0, 0.1) is 22.9 Å². The number of pyridine rings is 1. The third-order valence-corrected chi connectivity index (χ3v) is 12.9. The van der Waals surface area contributed by atoms with E-state index in [0.29, 0.717) is 28.4 Å². The number of imidazole rings is 1. The Morgan fingerprint density at radius 1 is 0.672 bits per heavy atom. The molecule has 0 aliphatic carbocycles. The third-order valence-electron chi connectivity index (χ3n) is 11.9. The molecule has 0 bridgehead atoms. The predicted molar refractivity (Wildman–Crippen MR) is 258 cm³/mol. The number of benzene rings is 6. The van der Waals surface area contributed by atoms with Gasteiger partial charge >= 0.3 is 360 Å². The maximum atomic E-state index is 9.24. The molecule has 0 spiro atoms. The fourth-order valence-electron chi connectivity index (χ4n) is 8.55. The van der Waals surface area contributed by atoms with Crippen LogP contribution in [0.4, 0.5) is 11.5 Å². The summed E-state index contributed by atoms with van der Waals surface area (Å²) in [6.07, 6.45) is 3.63. The monoisotopic (exact) mass is 1020 g/mol. The number of rotatable bonds is 7. The molecule has 1 aliphatic rings. The van der Waals surface area contributed by atoms with E-state index in [1.807, 2.05) is 89.8 Å². The van der Waals surface area contributed by atoms with Gasteiger partial charge in [0.15, 0.2) is 0 Å². The van der Waals surface area contributed by atoms with E-state index >= 15 is 0 Å². The molecule has 4 heterocycles. The molecule has 3 aromatic heterocycles. The molecular formula is C55H49BN6OPt-2. The quantitative estimate of drug-likeness (QED) is 0.118. The number of hydrogen-bond donors (Lipinski definition) is 0. The summed E-state index contributed by atoms with van der Waals surface area (Å²) in [6.45, 7) is 17.2. The molecule has 0 fully saturated rings. The van der Waals surface area contributed by atoms with E-state index in [2.05, 4.69) is 142 Å². The van der Waals surface area contributed by atoms with Gasteiger partial charge in [-0.05, 0) is 18.6 Å². The zero-order valence-corrected chi connectivity index (χ0v) is 39.3. The molecule has 0 amide bonds. The van der Waals surface area contributed by atoms with Crippen LogP contribution >= 0.6 is 0 Å². The summed E-state index contributed by atoms with van der Waals surface area (Å²) in [7, 11) is 0. The number of aryl methyl sites for hydroxylation is 1. The van der Waals surface area contributed by atoms with Gasteiger partial charge in [-0.25, -0.2) is 0 Å². The molecule has 9 heteroatoms. The number of para-hydroxylation sites is 3. The van der Waals surface area contributed by atoms with E-state index in [4.69, 9.17) is 13.8 Å². The Labute approximate surface area is 394 Å². The first-order valence-electron chi connectivity index (χ1n) is 23.9. The first-order valence-corrected chi connectivity index (χ1v) is 22.5. The van der Waals surface area contributed by atoms with Gasteiger partial charge in [-0.1, -0.05) is 0 Å². The van der Waals surface area contributed by atoms with Crippen molar-refractivity contribution < 1.29 is 30.9 Å². The summed E-state index contributed by atoms with van der Waals surface area (Å²) in [5, 5.41) is 4.65. The molecule has 10 rings (SSSR count). The van der Waals surface area contributed by atoms with Crippen LogP contribution in [0.2, 0.25) is 6.82 Å². The van der Waals surface area contributed by atoms with E-state index in [1.54, 1.807) is 0 Å². The molecule has 9 aromatic rings. The van der Waals surface area contributed by atoms with Gasteiger partial charge < -0.3 is 0 Å². The SMILES string of the molecule is [2H]c1c([2H])c([2H])c(-c2cccc(-c3cc(C(C)(C)C)cc(C(C)(C)C)c3)c2-n2[c](=[Pt])n(-c3[c-]c(Oc4[c-]c5c(cc4)-c4ccnn4B(C)N5c4cc(C)ccn4)ccc3)c3ccccc32)c([2H])c1[2H]. The second-order valence-electron chi connectivity index (χ2n) is 18.3. The molecule has 64 heavy (non-hydrogen) atoms. The summed E-state index contributed by atoms with van der Waals surface area (Å²) in [6, 6.07) is 41.9. The van der Waals surface area contributed by atoms with Crippen LogP contribution in [0.1, 0.15) is 65.1 Å². The summed E-state index contributed by atoms with van der Waals surface area (Å²) in [5.41, 5.74) is 11.3. The van der Waals surface area contributed by atoms with Gasteiger partial charge in [-0.15, -0.1) is 0 Å². The van der Waals surface area contributed by atoms with Crippen LogP contribution in [-0.4, -0.2) is 30.8 Å². The summed E-state index contributed by atoms with van der Waals surface area (Å²) >= 11 is 2.34. The van der Waals surface area contributed by atoms with Crippen molar-refractivity contribution in [3.63, 3.8) is 0 Å². The molecule has 0 N–H and O–H groups in total. The zero-order valence-electron chi connectivity index (χ0n) is 42.0. The van der Waals surface area contributed by atoms with Crippen molar-refractivity contribution in [2.45, 2.75) is 66.1 Å². The van der Waals surface area contributed by atoms with Gasteiger partial charge in [0.2, 0.25) is 0 Å². The summed E-state index contributed by atoms with van der Waals surface area (Å²) < 4.78 is 58.1. The number of hydrogen-bond acceptors (Lipinski definition) is 4. The Morgan fingerprint density at radius 3 is 2.05 bits per heavy atom. The number of anilines is 2. The molecule has 6 aromatic carbocycles. The molecule has 0 atom stereocenters. The van der Waals surface area contributed by atoms with Crippen molar-refractivity contribution in [3.8, 4) is 56.4 Å². The van der Waals surface area contributed by atoms with E-state index in [0.717, 1.165) is 65.4 Å². The Kier molecular flexibility index (Phi) is 8.94. The topological polar surface area (TPSA) is 53.0 Å². The normalized spacial score (nSPS) is 13.8. The maximum absolute atomic E-state index is 9.24. The Balaban J connectivity index is 1.17. The van der Waals surface area contributed by atoms with E-state index in [9.17, 15) is 2.74 Å². The fraction of sp³-hybridized carbons (Fsp3) is 0.182. The molecule has 0 saturated carbocycles. The Hall–Kier alpha value is -6.50. The average molecular weight is 1020 g/mol. The second kappa shape index (κ2) is 15.9. The van der Waals surface area contributed by atoms with Crippen molar-refractivity contribution in [2.24, 2.45) is 0 Å².